The van der Waals surface area contributed by atoms with Gasteiger partial charge in [0.05, 0.1) is 21.6 Å². The number of rotatable bonds is 8. The van der Waals surface area contributed by atoms with Crippen LogP contribution in [0.1, 0.15) is 22.8 Å². The van der Waals surface area contributed by atoms with E-state index >= 15 is 0 Å². The standard InChI is InChI=1S/C25H18BrN3O6/c1-2-34-22-13-16(12-21(26)23(22)35-25(31)17-7-4-3-5-8-17)11-18(15-27)24(30)28-19-9-6-10-20(14-19)29(32)33/h3-14H,2H2,1H3,(H,28,30)/b18-11+. The monoisotopic (exact) mass is 535 g/mol. The highest BCUT2D eigenvalue weighted by molar-refractivity contribution is 9.10. The number of nitro groups is 1. The first-order valence-electron chi connectivity index (χ1n) is 10.2. The SMILES string of the molecule is CCOc1cc(/C=C(\C#N)C(=O)Nc2cccc([N+](=O)[O-])c2)cc(Br)c1OC(=O)c1ccccc1. The largest absolute Gasteiger partial charge is 0.490 e. The van der Waals surface area contributed by atoms with Gasteiger partial charge in [0.2, 0.25) is 0 Å². The lowest BCUT2D eigenvalue weighted by atomic mass is 10.1. The molecule has 0 saturated heterocycles. The minimum Gasteiger partial charge on any atom is -0.490 e. The van der Waals surface area contributed by atoms with Gasteiger partial charge in [-0.05, 0) is 64.8 Å². The van der Waals surface area contributed by atoms with E-state index in [0.717, 1.165) is 0 Å². The fourth-order valence-electron chi connectivity index (χ4n) is 2.97. The second-order valence-electron chi connectivity index (χ2n) is 6.95. The zero-order valence-electron chi connectivity index (χ0n) is 18.4. The number of benzene rings is 3. The summed E-state index contributed by atoms with van der Waals surface area (Å²) in [5, 5.41) is 22.9. The highest BCUT2D eigenvalue weighted by Gasteiger charge is 2.18. The Hall–Kier alpha value is -4.49. The molecule has 0 radical (unpaired) electrons. The van der Waals surface area contributed by atoms with Crippen LogP contribution in [-0.4, -0.2) is 23.4 Å². The number of esters is 1. The van der Waals surface area contributed by atoms with Crippen molar-refractivity contribution < 1.29 is 24.0 Å². The molecule has 0 aromatic heterocycles. The van der Waals surface area contributed by atoms with Gasteiger partial charge in [-0.25, -0.2) is 4.79 Å². The first kappa shape index (κ1) is 25.1. The second-order valence-corrected chi connectivity index (χ2v) is 7.80. The van der Waals surface area contributed by atoms with Crippen LogP contribution in [0.4, 0.5) is 11.4 Å². The van der Waals surface area contributed by atoms with Crippen LogP contribution in [-0.2, 0) is 4.79 Å². The van der Waals surface area contributed by atoms with E-state index < -0.39 is 16.8 Å². The summed E-state index contributed by atoms with van der Waals surface area (Å²) in [4.78, 5) is 35.5. The molecule has 0 spiro atoms. The fourth-order valence-corrected chi connectivity index (χ4v) is 3.51. The molecule has 0 aliphatic heterocycles. The van der Waals surface area contributed by atoms with E-state index in [1.807, 2.05) is 6.07 Å². The van der Waals surface area contributed by atoms with Crippen molar-refractivity contribution in [1.29, 1.82) is 5.26 Å². The minimum atomic E-state index is -0.748. The topological polar surface area (TPSA) is 132 Å². The summed E-state index contributed by atoms with van der Waals surface area (Å²) in [7, 11) is 0. The van der Waals surface area contributed by atoms with E-state index in [1.165, 1.54) is 36.4 Å². The molecule has 35 heavy (non-hydrogen) atoms. The van der Waals surface area contributed by atoms with E-state index in [0.29, 0.717) is 15.6 Å². The van der Waals surface area contributed by atoms with Gasteiger partial charge in [-0.2, -0.15) is 5.26 Å². The van der Waals surface area contributed by atoms with Gasteiger partial charge in [-0.3, -0.25) is 14.9 Å². The quantitative estimate of drug-likeness (QED) is 0.100. The van der Waals surface area contributed by atoms with Crippen molar-refractivity contribution in [1.82, 2.24) is 0 Å². The second kappa shape index (κ2) is 11.6. The number of nitrogens with one attached hydrogen (secondary N) is 1. The fraction of sp³-hybridized carbons (Fsp3) is 0.0800. The molecule has 0 heterocycles. The van der Waals surface area contributed by atoms with Crippen molar-refractivity contribution in [2.45, 2.75) is 6.92 Å². The first-order chi connectivity index (χ1) is 16.8. The normalized spacial score (nSPS) is 10.7. The minimum absolute atomic E-state index is 0.150. The molecule has 0 aliphatic rings. The van der Waals surface area contributed by atoms with Gasteiger partial charge in [0.25, 0.3) is 11.6 Å². The summed E-state index contributed by atoms with van der Waals surface area (Å²) in [6.45, 7) is 2.03. The summed E-state index contributed by atoms with van der Waals surface area (Å²) < 4.78 is 11.5. The predicted molar refractivity (Wildman–Crippen MR) is 132 cm³/mol. The van der Waals surface area contributed by atoms with Gasteiger partial charge in [0.15, 0.2) is 11.5 Å². The summed E-state index contributed by atoms with van der Waals surface area (Å²) >= 11 is 3.36. The van der Waals surface area contributed by atoms with Crippen molar-refractivity contribution in [3.63, 3.8) is 0 Å². The Kier molecular flexibility index (Phi) is 8.32. The average Bonchev–Trinajstić information content (AvgIpc) is 2.85. The highest BCUT2D eigenvalue weighted by Crippen LogP contribution is 2.38. The van der Waals surface area contributed by atoms with Crippen molar-refractivity contribution in [3.05, 3.63) is 98.0 Å². The van der Waals surface area contributed by atoms with Gasteiger partial charge in [0.1, 0.15) is 11.6 Å². The van der Waals surface area contributed by atoms with Crippen molar-refractivity contribution in [3.8, 4) is 17.6 Å². The molecule has 3 aromatic rings. The third-order valence-electron chi connectivity index (χ3n) is 4.53. The van der Waals surface area contributed by atoms with Gasteiger partial charge < -0.3 is 14.8 Å². The van der Waals surface area contributed by atoms with E-state index in [-0.39, 0.29) is 35.1 Å². The maximum absolute atomic E-state index is 12.6. The summed E-state index contributed by atoms with van der Waals surface area (Å²) in [5.74, 6) is -0.947. The van der Waals surface area contributed by atoms with Gasteiger partial charge >= 0.3 is 5.97 Å². The molecule has 1 amide bonds. The van der Waals surface area contributed by atoms with Crippen LogP contribution in [0.5, 0.6) is 11.5 Å². The maximum atomic E-state index is 12.6. The van der Waals surface area contributed by atoms with Gasteiger partial charge in [0, 0.05) is 17.8 Å². The van der Waals surface area contributed by atoms with Gasteiger partial charge in [-0.15, -0.1) is 0 Å². The van der Waals surface area contributed by atoms with Crippen LogP contribution in [0.15, 0.2) is 76.8 Å². The maximum Gasteiger partial charge on any atom is 0.343 e. The van der Waals surface area contributed by atoms with Crippen LogP contribution in [0.3, 0.4) is 0 Å². The molecule has 1 N–H and O–H groups in total. The van der Waals surface area contributed by atoms with Crippen LogP contribution < -0.4 is 14.8 Å². The molecule has 9 nitrogen and oxygen atoms in total. The average molecular weight is 536 g/mol. The van der Waals surface area contributed by atoms with Crippen molar-refractivity contribution in [2.24, 2.45) is 0 Å². The lowest BCUT2D eigenvalue weighted by molar-refractivity contribution is -0.384. The molecule has 0 aliphatic carbocycles. The Morgan fingerprint density at radius 3 is 2.54 bits per heavy atom. The number of amides is 1. The third kappa shape index (κ3) is 6.52. The molecule has 0 saturated carbocycles. The Morgan fingerprint density at radius 1 is 1.14 bits per heavy atom. The number of ether oxygens (including phenoxy) is 2. The van der Waals surface area contributed by atoms with E-state index in [2.05, 4.69) is 21.2 Å². The molecule has 0 unspecified atom stereocenters. The summed E-state index contributed by atoms with van der Waals surface area (Å²) in [6, 6.07) is 18.7. The summed E-state index contributed by atoms with van der Waals surface area (Å²) in [5.41, 5.74) is 0.502. The van der Waals surface area contributed by atoms with Crippen LogP contribution in [0.25, 0.3) is 6.08 Å². The molecular formula is C25H18BrN3O6. The van der Waals surface area contributed by atoms with E-state index in [1.54, 1.807) is 43.3 Å². The van der Waals surface area contributed by atoms with Crippen molar-refractivity contribution in [2.75, 3.05) is 11.9 Å². The number of hydrogen-bond acceptors (Lipinski definition) is 7. The Bertz CT molecular complexity index is 1350. The lowest BCUT2D eigenvalue weighted by Gasteiger charge is -2.14. The number of carbonyl (C=O) groups is 2. The number of carbonyl (C=O) groups excluding carboxylic acids is 2. The van der Waals surface area contributed by atoms with Gasteiger partial charge in [-0.1, -0.05) is 24.3 Å². The summed E-state index contributed by atoms with van der Waals surface area (Å²) in [6.07, 6.45) is 1.32. The van der Waals surface area contributed by atoms with Crippen molar-refractivity contribution >= 4 is 45.3 Å². The number of nitrogens with zero attached hydrogens (tertiary/aromatic N) is 2. The highest BCUT2D eigenvalue weighted by atomic mass is 79.9. The molecule has 0 fully saturated rings. The number of hydrogen-bond donors (Lipinski definition) is 1. The predicted octanol–water partition coefficient (Wildman–Crippen LogP) is 5.52. The Labute approximate surface area is 208 Å². The lowest BCUT2D eigenvalue weighted by Crippen LogP contribution is -2.13. The molecule has 0 bridgehead atoms. The number of halogens is 1. The number of nitro benzene ring substituents is 1. The first-order valence-corrected chi connectivity index (χ1v) is 11.0. The molecular weight excluding hydrogens is 518 g/mol. The van der Waals surface area contributed by atoms with E-state index in [4.69, 9.17) is 9.47 Å². The third-order valence-corrected chi connectivity index (χ3v) is 5.12. The smallest absolute Gasteiger partial charge is 0.343 e. The molecule has 3 aromatic carbocycles. The van der Waals surface area contributed by atoms with Crippen LogP contribution >= 0.6 is 15.9 Å². The molecule has 0 atom stereocenters. The zero-order valence-corrected chi connectivity index (χ0v) is 19.9. The Morgan fingerprint density at radius 2 is 1.89 bits per heavy atom. The molecule has 10 heteroatoms. The Balaban J connectivity index is 1.88. The van der Waals surface area contributed by atoms with E-state index in [9.17, 15) is 25.0 Å². The molecule has 176 valence electrons. The molecule has 3 rings (SSSR count). The number of anilines is 1. The zero-order chi connectivity index (χ0) is 25.4. The van der Waals surface area contributed by atoms with Crippen LogP contribution in [0, 0.1) is 21.4 Å². The number of nitriles is 1. The van der Waals surface area contributed by atoms with Crippen LogP contribution in [0.2, 0.25) is 0 Å². The number of non-ortho nitro benzene ring substituents is 1.